The summed E-state index contributed by atoms with van der Waals surface area (Å²) in [6.07, 6.45) is 2.14. The first-order valence-electron chi connectivity index (χ1n) is 4.91. The third-order valence-electron chi connectivity index (χ3n) is 2.47. The largest absolute Gasteiger partial charge is 0.310 e. The highest BCUT2D eigenvalue weighted by molar-refractivity contribution is 6.08. The maximum absolute atomic E-state index is 11.6. The molecule has 0 N–H and O–H groups in total. The van der Waals surface area contributed by atoms with Gasteiger partial charge in [0.1, 0.15) is 5.78 Å². The molecule has 0 atom stereocenters. The van der Waals surface area contributed by atoms with Gasteiger partial charge in [0.25, 0.3) is 0 Å². The van der Waals surface area contributed by atoms with Crippen molar-refractivity contribution in [3.05, 3.63) is 24.0 Å². The molecular weight excluding hydrogens is 192 g/mol. The first-order chi connectivity index (χ1) is 7.16. The number of ketones is 1. The van der Waals surface area contributed by atoms with Crippen LogP contribution in [-0.2, 0) is 9.59 Å². The van der Waals surface area contributed by atoms with Crippen LogP contribution in [0, 0.1) is 6.92 Å². The van der Waals surface area contributed by atoms with Crippen molar-refractivity contribution < 1.29 is 9.59 Å². The lowest BCUT2D eigenvalue weighted by atomic mass is 10.1. The summed E-state index contributed by atoms with van der Waals surface area (Å²) in [5.74, 6) is -0.103. The van der Waals surface area contributed by atoms with E-state index < -0.39 is 0 Å². The second-order valence-electron chi connectivity index (χ2n) is 3.67. The lowest BCUT2D eigenvalue weighted by molar-refractivity contribution is -0.128. The quantitative estimate of drug-likeness (QED) is 0.643. The zero-order chi connectivity index (χ0) is 10.8. The van der Waals surface area contributed by atoms with Gasteiger partial charge in [-0.3, -0.25) is 14.6 Å². The van der Waals surface area contributed by atoms with Crippen LogP contribution in [0.1, 0.15) is 18.5 Å². The van der Waals surface area contributed by atoms with E-state index in [1.807, 2.05) is 19.1 Å². The molecule has 0 radical (unpaired) electrons. The number of nitrogens with zero attached hydrogens (tertiary/aromatic N) is 2. The number of carbonyl (C=O) groups excluding carboxylic acids is 2. The molecule has 4 heteroatoms. The van der Waals surface area contributed by atoms with Crippen LogP contribution in [0.15, 0.2) is 18.3 Å². The summed E-state index contributed by atoms with van der Waals surface area (Å²) in [7, 11) is 0. The van der Waals surface area contributed by atoms with Crippen molar-refractivity contribution in [2.75, 3.05) is 11.4 Å². The fourth-order valence-electron chi connectivity index (χ4n) is 1.61. The molecule has 1 amide bonds. The van der Waals surface area contributed by atoms with E-state index in [-0.39, 0.29) is 18.1 Å². The summed E-state index contributed by atoms with van der Waals surface area (Å²) < 4.78 is 0. The monoisotopic (exact) mass is 204 g/mol. The summed E-state index contributed by atoms with van der Waals surface area (Å²) in [5.41, 5.74) is 1.69. The van der Waals surface area contributed by atoms with Gasteiger partial charge in [0.05, 0.1) is 18.3 Å². The number of piperidine rings is 1. The first kappa shape index (κ1) is 9.83. The maximum Gasteiger partial charge on any atom is 0.234 e. The SMILES string of the molecule is Cc1ccc(N2CCC(=O)CC2=O)cn1. The number of carbonyl (C=O) groups is 2. The van der Waals surface area contributed by atoms with Gasteiger partial charge in [0, 0.05) is 18.7 Å². The van der Waals surface area contributed by atoms with Gasteiger partial charge < -0.3 is 4.90 Å². The van der Waals surface area contributed by atoms with Crippen LogP contribution in [0.25, 0.3) is 0 Å². The van der Waals surface area contributed by atoms with E-state index in [1.165, 1.54) is 0 Å². The molecule has 1 aliphatic heterocycles. The molecule has 1 saturated heterocycles. The fraction of sp³-hybridized carbons (Fsp3) is 0.364. The number of aromatic nitrogens is 1. The number of Topliss-reactive ketones (excluding diaryl/α,β-unsaturated/α-hetero) is 1. The molecule has 1 aromatic rings. The van der Waals surface area contributed by atoms with Crippen LogP contribution in [0.3, 0.4) is 0 Å². The van der Waals surface area contributed by atoms with Gasteiger partial charge in [-0.2, -0.15) is 0 Å². The topological polar surface area (TPSA) is 50.3 Å². The van der Waals surface area contributed by atoms with Gasteiger partial charge in [-0.25, -0.2) is 0 Å². The summed E-state index contributed by atoms with van der Waals surface area (Å²) in [6, 6.07) is 3.72. The zero-order valence-electron chi connectivity index (χ0n) is 8.56. The lowest BCUT2D eigenvalue weighted by Crippen LogP contribution is -2.39. The van der Waals surface area contributed by atoms with Gasteiger partial charge in [-0.05, 0) is 19.1 Å². The molecule has 4 nitrogen and oxygen atoms in total. The molecular formula is C11H12N2O2. The molecule has 0 saturated carbocycles. The molecule has 2 rings (SSSR count). The average molecular weight is 204 g/mol. The Labute approximate surface area is 87.9 Å². The minimum atomic E-state index is -0.128. The van der Waals surface area contributed by atoms with Crippen molar-refractivity contribution in [2.24, 2.45) is 0 Å². The average Bonchev–Trinajstić information content (AvgIpc) is 2.20. The highest BCUT2D eigenvalue weighted by atomic mass is 16.2. The number of pyridine rings is 1. The van der Waals surface area contributed by atoms with E-state index in [0.29, 0.717) is 13.0 Å². The summed E-state index contributed by atoms with van der Waals surface area (Å²) in [4.78, 5) is 28.4. The number of anilines is 1. The van der Waals surface area contributed by atoms with E-state index in [0.717, 1.165) is 11.4 Å². The smallest absolute Gasteiger partial charge is 0.234 e. The first-order valence-corrected chi connectivity index (χ1v) is 4.91. The van der Waals surface area contributed by atoms with E-state index in [1.54, 1.807) is 11.1 Å². The lowest BCUT2D eigenvalue weighted by Gasteiger charge is -2.25. The van der Waals surface area contributed by atoms with Gasteiger partial charge >= 0.3 is 0 Å². The molecule has 2 heterocycles. The van der Waals surface area contributed by atoms with Crippen molar-refractivity contribution in [3.63, 3.8) is 0 Å². The molecule has 1 aliphatic rings. The Morgan fingerprint density at radius 1 is 1.33 bits per heavy atom. The van der Waals surface area contributed by atoms with Crippen molar-refractivity contribution in [3.8, 4) is 0 Å². The van der Waals surface area contributed by atoms with Gasteiger partial charge in [0.2, 0.25) is 5.91 Å². The fourth-order valence-corrected chi connectivity index (χ4v) is 1.61. The molecule has 1 aromatic heterocycles. The van der Waals surface area contributed by atoms with Crippen LogP contribution in [0.5, 0.6) is 0 Å². The van der Waals surface area contributed by atoms with E-state index >= 15 is 0 Å². The van der Waals surface area contributed by atoms with Gasteiger partial charge in [0.15, 0.2) is 0 Å². The molecule has 0 bridgehead atoms. The molecule has 1 fully saturated rings. The highest BCUT2D eigenvalue weighted by Gasteiger charge is 2.24. The standard InChI is InChI=1S/C11H12N2O2/c1-8-2-3-9(7-12-8)13-5-4-10(14)6-11(13)15/h2-3,7H,4-6H2,1H3. The second kappa shape index (κ2) is 3.81. The number of rotatable bonds is 1. The number of hydrogen-bond acceptors (Lipinski definition) is 3. The van der Waals surface area contributed by atoms with Crippen molar-refractivity contribution >= 4 is 17.4 Å². The van der Waals surface area contributed by atoms with Crippen LogP contribution in [-0.4, -0.2) is 23.2 Å². The minimum absolute atomic E-state index is 0.0217. The molecule has 0 spiro atoms. The number of hydrogen-bond donors (Lipinski definition) is 0. The van der Waals surface area contributed by atoms with E-state index in [9.17, 15) is 9.59 Å². The maximum atomic E-state index is 11.6. The third kappa shape index (κ3) is 2.03. The summed E-state index contributed by atoms with van der Waals surface area (Å²) in [5, 5.41) is 0. The molecule has 15 heavy (non-hydrogen) atoms. The minimum Gasteiger partial charge on any atom is -0.310 e. The Balaban J connectivity index is 2.20. The number of amides is 1. The Morgan fingerprint density at radius 3 is 2.73 bits per heavy atom. The molecule has 0 aromatic carbocycles. The van der Waals surface area contributed by atoms with E-state index in [2.05, 4.69) is 4.98 Å². The van der Waals surface area contributed by atoms with Crippen LogP contribution < -0.4 is 4.90 Å². The van der Waals surface area contributed by atoms with Crippen LogP contribution >= 0.6 is 0 Å². The Hall–Kier alpha value is -1.71. The summed E-state index contributed by atoms with van der Waals surface area (Å²) in [6.45, 7) is 2.37. The van der Waals surface area contributed by atoms with Crippen LogP contribution in [0.2, 0.25) is 0 Å². The van der Waals surface area contributed by atoms with Crippen molar-refractivity contribution in [2.45, 2.75) is 19.8 Å². The molecule has 0 aliphatic carbocycles. The van der Waals surface area contributed by atoms with Gasteiger partial charge in [-0.1, -0.05) is 0 Å². The Bertz CT molecular complexity index is 398. The predicted octanol–water partition coefficient (Wildman–Crippen LogP) is 1.09. The third-order valence-corrected chi connectivity index (χ3v) is 2.47. The normalized spacial score (nSPS) is 17.0. The summed E-state index contributed by atoms with van der Waals surface area (Å²) >= 11 is 0. The van der Waals surface area contributed by atoms with Crippen LogP contribution in [0.4, 0.5) is 5.69 Å². The van der Waals surface area contributed by atoms with Crippen molar-refractivity contribution in [1.29, 1.82) is 0 Å². The Morgan fingerprint density at radius 2 is 2.13 bits per heavy atom. The highest BCUT2D eigenvalue weighted by Crippen LogP contribution is 2.18. The van der Waals surface area contributed by atoms with E-state index in [4.69, 9.17) is 0 Å². The second-order valence-corrected chi connectivity index (χ2v) is 3.67. The van der Waals surface area contributed by atoms with Gasteiger partial charge in [-0.15, -0.1) is 0 Å². The number of aryl methyl sites for hydroxylation is 1. The van der Waals surface area contributed by atoms with Crippen molar-refractivity contribution in [1.82, 2.24) is 4.98 Å². The zero-order valence-corrected chi connectivity index (χ0v) is 8.56. The Kier molecular flexibility index (Phi) is 2.49. The molecule has 78 valence electrons. The predicted molar refractivity (Wildman–Crippen MR) is 55.6 cm³/mol. The molecule has 0 unspecified atom stereocenters.